The second-order valence-corrected chi connectivity index (χ2v) is 7.22. The van der Waals surface area contributed by atoms with E-state index in [1.54, 1.807) is 18.2 Å². The van der Waals surface area contributed by atoms with Gasteiger partial charge in [-0.25, -0.2) is 4.39 Å². The maximum Gasteiger partial charge on any atom is 0.128 e. The molecule has 0 bridgehead atoms. The first-order valence-electron chi connectivity index (χ1n) is 6.86. The van der Waals surface area contributed by atoms with E-state index < -0.39 is 6.10 Å². The standard InChI is InChI=1S/C15H22FNOS/c1-11-9-17(10-12(2)19-11)8-7-15(18)13-5-3-4-6-14(13)16/h3-6,11-12,15,18H,7-10H2,1-2H3. The molecule has 2 nitrogen and oxygen atoms in total. The molecule has 0 spiro atoms. The Morgan fingerprint density at radius 3 is 2.58 bits per heavy atom. The van der Waals surface area contributed by atoms with Gasteiger partial charge in [0.1, 0.15) is 5.82 Å². The molecule has 1 fully saturated rings. The summed E-state index contributed by atoms with van der Waals surface area (Å²) < 4.78 is 13.6. The third-order valence-corrected chi connectivity index (χ3v) is 4.71. The minimum Gasteiger partial charge on any atom is -0.388 e. The van der Waals surface area contributed by atoms with Crippen molar-refractivity contribution in [1.29, 1.82) is 0 Å². The van der Waals surface area contributed by atoms with Gasteiger partial charge in [-0.3, -0.25) is 0 Å². The highest BCUT2D eigenvalue weighted by Crippen LogP contribution is 2.26. The van der Waals surface area contributed by atoms with E-state index >= 15 is 0 Å². The molecule has 4 heteroatoms. The topological polar surface area (TPSA) is 23.5 Å². The van der Waals surface area contributed by atoms with Crippen LogP contribution in [0.1, 0.15) is 31.9 Å². The molecule has 1 aliphatic heterocycles. The summed E-state index contributed by atoms with van der Waals surface area (Å²) in [6.45, 7) is 7.41. The third kappa shape index (κ3) is 4.20. The molecule has 1 N–H and O–H groups in total. The van der Waals surface area contributed by atoms with Crippen LogP contribution in [-0.4, -0.2) is 40.1 Å². The molecule has 106 valence electrons. The normalized spacial score (nSPS) is 26.3. The van der Waals surface area contributed by atoms with E-state index in [0.29, 0.717) is 22.5 Å². The number of thioether (sulfide) groups is 1. The summed E-state index contributed by atoms with van der Waals surface area (Å²) in [6, 6.07) is 6.48. The van der Waals surface area contributed by atoms with Crippen molar-refractivity contribution < 1.29 is 9.50 Å². The third-order valence-electron chi connectivity index (χ3n) is 3.48. The zero-order valence-corrected chi connectivity index (χ0v) is 12.4. The maximum absolute atomic E-state index is 13.6. The van der Waals surface area contributed by atoms with E-state index in [2.05, 4.69) is 18.7 Å². The molecule has 19 heavy (non-hydrogen) atoms. The second kappa shape index (κ2) is 6.73. The summed E-state index contributed by atoms with van der Waals surface area (Å²) in [5, 5.41) is 11.4. The monoisotopic (exact) mass is 283 g/mol. The Labute approximate surface area is 119 Å². The fraction of sp³-hybridized carbons (Fsp3) is 0.600. The van der Waals surface area contributed by atoms with Crippen molar-refractivity contribution in [2.45, 2.75) is 36.9 Å². The molecule has 1 aliphatic rings. The van der Waals surface area contributed by atoms with Gasteiger partial charge in [0.05, 0.1) is 6.10 Å². The number of benzene rings is 1. The highest BCUT2D eigenvalue weighted by molar-refractivity contribution is 8.00. The van der Waals surface area contributed by atoms with E-state index in [1.165, 1.54) is 6.07 Å². The number of nitrogens with zero attached hydrogens (tertiary/aromatic N) is 1. The van der Waals surface area contributed by atoms with Crippen LogP contribution in [-0.2, 0) is 0 Å². The van der Waals surface area contributed by atoms with Gasteiger partial charge in [-0.2, -0.15) is 11.8 Å². The molecule has 0 saturated carbocycles. The van der Waals surface area contributed by atoms with Gasteiger partial charge < -0.3 is 10.0 Å². The molecule has 0 aliphatic carbocycles. The van der Waals surface area contributed by atoms with E-state index in [-0.39, 0.29) is 5.82 Å². The first kappa shape index (κ1) is 14.8. The molecule has 1 heterocycles. The molecule has 1 saturated heterocycles. The van der Waals surface area contributed by atoms with Crippen LogP contribution in [0.2, 0.25) is 0 Å². The van der Waals surface area contributed by atoms with E-state index in [1.807, 2.05) is 11.8 Å². The second-order valence-electron chi connectivity index (χ2n) is 5.34. The van der Waals surface area contributed by atoms with Crippen LogP contribution >= 0.6 is 11.8 Å². The van der Waals surface area contributed by atoms with Gasteiger partial charge in [0.25, 0.3) is 0 Å². The van der Waals surface area contributed by atoms with Crippen LogP contribution in [0.5, 0.6) is 0 Å². The van der Waals surface area contributed by atoms with Crippen LogP contribution in [0, 0.1) is 5.82 Å². The fourth-order valence-corrected chi connectivity index (χ4v) is 4.06. The van der Waals surface area contributed by atoms with Crippen LogP contribution in [0.3, 0.4) is 0 Å². The maximum atomic E-state index is 13.6. The number of aliphatic hydroxyl groups excluding tert-OH is 1. The summed E-state index contributed by atoms with van der Waals surface area (Å²) in [7, 11) is 0. The molecule has 0 amide bonds. The van der Waals surface area contributed by atoms with Crippen molar-refractivity contribution in [3.8, 4) is 0 Å². The summed E-state index contributed by atoms with van der Waals surface area (Å²) in [6.07, 6.45) is -0.119. The predicted molar refractivity (Wildman–Crippen MR) is 78.9 cm³/mol. The molecule has 2 rings (SSSR count). The highest BCUT2D eigenvalue weighted by atomic mass is 32.2. The Morgan fingerprint density at radius 2 is 1.95 bits per heavy atom. The van der Waals surface area contributed by atoms with E-state index in [9.17, 15) is 9.50 Å². The molecular formula is C15H22FNOS. The molecule has 3 unspecified atom stereocenters. The van der Waals surface area contributed by atoms with Gasteiger partial charge in [-0.1, -0.05) is 32.0 Å². The average Bonchev–Trinajstić information content (AvgIpc) is 2.35. The Bertz CT molecular complexity index is 405. The van der Waals surface area contributed by atoms with Gasteiger partial charge in [-0.15, -0.1) is 0 Å². The van der Waals surface area contributed by atoms with Gasteiger partial charge >= 0.3 is 0 Å². The van der Waals surface area contributed by atoms with Crippen molar-refractivity contribution in [3.05, 3.63) is 35.6 Å². The van der Waals surface area contributed by atoms with Crippen LogP contribution in [0.4, 0.5) is 4.39 Å². The Kier molecular flexibility index (Phi) is 5.25. The van der Waals surface area contributed by atoms with Crippen molar-refractivity contribution in [2.24, 2.45) is 0 Å². The molecule has 1 aromatic carbocycles. The molecular weight excluding hydrogens is 261 g/mol. The fourth-order valence-electron chi connectivity index (χ4n) is 2.67. The van der Waals surface area contributed by atoms with Crippen LogP contribution < -0.4 is 0 Å². The molecule has 0 aromatic heterocycles. The van der Waals surface area contributed by atoms with Gasteiger partial charge in [0.15, 0.2) is 0 Å². The van der Waals surface area contributed by atoms with Gasteiger partial charge in [-0.05, 0) is 12.5 Å². The number of halogens is 1. The zero-order valence-electron chi connectivity index (χ0n) is 11.6. The Morgan fingerprint density at radius 1 is 1.32 bits per heavy atom. The van der Waals surface area contributed by atoms with Gasteiger partial charge in [0, 0.05) is 35.7 Å². The zero-order chi connectivity index (χ0) is 13.8. The first-order valence-corrected chi connectivity index (χ1v) is 7.81. The molecule has 3 atom stereocenters. The highest BCUT2D eigenvalue weighted by Gasteiger charge is 2.23. The Balaban J connectivity index is 1.87. The molecule has 1 aromatic rings. The lowest BCUT2D eigenvalue weighted by molar-refractivity contribution is 0.137. The number of aliphatic hydroxyl groups is 1. The first-order chi connectivity index (χ1) is 9.06. The predicted octanol–water partition coefficient (Wildman–Crippen LogP) is 3.08. The number of rotatable bonds is 4. The minimum atomic E-state index is -0.707. The van der Waals surface area contributed by atoms with E-state index in [0.717, 1.165) is 19.6 Å². The van der Waals surface area contributed by atoms with Crippen molar-refractivity contribution in [2.75, 3.05) is 19.6 Å². The summed E-state index contributed by atoms with van der Waals surface area (Å²) >= 11 is 2.01. The summed E-state index contributed by atoms with van der Waals surface area (Å²) in [5.74, 6) is -0.314. The smallest absolute Gasteiger partial charge is 0.128 e. The lowest BCUT2D eigenvalue weighted by Crippen LogP contribution is -2.41. The molecule has 0 radical (unpaired) electrons. The average molecular weight is 283 g/mol. The minimum absolute atomic E-state index is 0.314. The quantitative estimate of drug-likeness (QED) is 0.918. The van der Waals surface area contributed by atoms with E-state index in [4.69, 9.17) is 0 Å². The number of hydrogen-bond donors (Lipinski definition) is 1. The Hall–Kier alpha value is -0.580. The van der Waals surface area contributed by atoms with Gasteiger partial charge in [0.2, 0.25) is 0 Å². The van der Waals surface area contributed by atoms with Crippen molar-refractivity contribution in [1.82, 2.24) is 4.90 Å². The largest absolute Gasteiger partial charge is 0.388 e. The number of hydrogen-bond acceptors (Lipinski definition) is 3. The SMILES string of the molecule is CC1CN(CCC(O)c2ccccc2F)CC(C)S1. The lowest BCUT2D eigenvalue weighted by atomic mass is 10.1. The van der Waals surface area contributed by atoms with Crippen LogP contribution in [0.25, 0.3) is 0 Å². The summed E-state index contributed by atoms with van der Waals surface area (Å²) in [5.41, 5.74) is 0.412. The summed E-state index contributed by atoms with van der Waals surface area (Å²) in [4.78, 5) is 2.37. The van der Waals surface area contributed by atoms with Crippen molar-refractivity contribution in [3.63, 3.8) is 0 Å². The lowest BCUT2D eigenvalue weighted by Gasteiger charge is -2.35. The van der Waals surface area contributed by atoms with Crippen molar-refractivity contribution >= 4 is 11.8 Å². The van der Waals surface area contributed by atoms with Crippen LogP contribution in [0.15, 0.2) is 24.3 Å².